The zero-order chi connectivity index (χ0) is 13.1. The number of rotatable bonds is 2. The second-order valence-corrected chi connectivity index (χ2v) is 4.34. The lowest BCUT2D eigenvalue weighted by atomic mass is 9.96. The summed E-state index contributed by atoms with van der Waals surface area (Å²) in [7, 11) is 0. The number of amides is 2. The number of hydrogen-bond donors (Lipinski definition) is 1. The largest absolute Gasteiger partial charge is 0.369 e. The van der Waals surface area contributed by atoms with Gasteiger partial charge < -0.3 is 10.6 Å². The third-order valence-electron chi connectivity index (χ3n) is 3.16. The quantitative estimate of drug-likeness (QED) is 0.780. The standard InChI is InChI=1S/C12H14FN3O2/c13-10-7-9(1-4-15-10)12(18)16-5-2-8(3-6-16)11(14)17/h1,4,7-8H,2-3,5-6H2,(H2,14,17). The number of nitrogens with zero attached hydrogens (tertiary/aromatic N) is 2. The van der Waals surface area contributed by atoms with E-state index in [1.165, 1.54) is 12.3 Å². The average molecular weight is 251 g/mol. The third-order valence-corrected chi connectivity index (χ3v) is 3.16. The Morgan fingerprint density at radius 1 is 1.39 bits per heavy atom. The van der Waals surface area contributed by atoms with Crippen LogP contribution in [0.5, 0.6) is 0 Å². The molecule has 1 aromatic rings. The third kappa shape index (κ3) is 2.64. The highest BCUT2D eigenvalue weighted by atomic mass is 19.1. The Morgan fingerprint density at radius 3 is 2.61 bits per heavy atom. The maximum atomic E-state index is 12.9. The molecule has 5 nitrogen and oxygen atoms in total. The second-order valence-electron chi connectivity index (χ2n) is 4.34. The predicted octanol–water partition coefficient (Wildman–Crippen LogP) is 0.558. The van der Waals surface area contributed by atoms with Crippen LogP contribution < -0.4 is 5.73 Å². The highest BCUT2D eigenvalue weighted by molar-refractivity contribution is 5.94. The van der Waals surface area contributed by atoms with Crippen LogP contribution in [0.1, 0.15) is 23.2 Å². The number of aromatic nitrogens is 1. The van der Waals surface area contributed by atoms with Crippen molar-refractivity contribution in [3.63, 3.8) is 0 Å². The van der Waals surface area contributed by atoms with Crippen LogP contribution in [0.15, 0.2) is 18.3 Å². The fourth-order valence-electron chi connectivity index (χ4n) is 2.09. The number of carbonyl (C=O) groups excluding carboxylic acids is 2. The average Bonchev–Trinajstić information content (AvgIpc) is 2.38. The maximum absolute atomic E-state index is 12.9. The summed E-state index contributed by atoms with van der Waals surface area (Å²) in [4.78, 5) is 28.1. The molecule has 6 heteroatoms. The SMILES string of the molecule is NC(=O)C1CCN(C(=O)c2ccnc(F)c2)CC1. The van der Waals surface area contributed by atoms with E-state index in [-0.39, 0.29) is 23.3 Å². The number of carbonyl (C=O) groups is 2. The van der Waals surface area contributed by atoms with Crippen LogP contribution in [-0.4, -0.2) is 34.8 Å². The molecule has 0 aliphatic carbocycles. The van der Waals surface area contributed by atoms with Crippen molar-refractivity contribution in [2.75, 3.05) is 13.1 Å². The first-order valence-electron chi connectivity index (χ1n) is 5.78. The van der Waals surface area contributed by atoms with Crippen LogP contribution in [0.2, 0.25) is 0 Å². The molecule has 0 unspecified atom stereocenters. The molecule has 1 aliphatic rings. The summed E-state index contributed by atoms with van der Waals surface area (Å²) in [5.74, 6) is -1.40. The fraction of sp³-hybridized carbons (Fsp3) is 0.417. The van der Waals surface area contributed by atoms with E-state index in [1.54, 1.807) is 4.90 Å². The lowest BCUT2D eigenvalue weighted by Gasteiger charge is -2.30. The van der Waals surface area contributed by atoms with E-state index in [0.717, 1.165) is 6.07 Å². The second kappa shape index (κ2) is 5.12. The number of nitrogens with two attached hydrogens (primary N) is 1. The van der Waals surface area contributed by atoms with E-state index in [4.69, 9.17) is 5.73 Å². The van der Waals surface area contributed by atoms with Crippen LogP contribution in [0, 0.1) is 11.9 Å². The molecule has 0 atom stereocenters. The molecule has 1 aliphatic heterocycles. The number of primary amides is 1. The minimum atomic E-state index is -0.673. The summed E-state index contributed by atoms with van der Waals surface area (Å²) in [6.07, 6.45) is 2.39. The summed E-state index contributed by atoms with van der Waals surface area (Å²) >= 11 is 0. The van der Waals surface area contributed by atoms with E-state index in [2.05, 4.69) is 4.98 Å². The monoisotopic (exact) mass is 251 g/mol. The van der Waals surface area contributed by atoms with Crippen molar-refractivity contribution in [1.82, 2.24) is 9.88 Å². The minimum absolute atomic E-state index is 0.164. The van der Waals surface area contributed by atoms with Crippen LogP contribution >= 0.6 is 0 Å². The molecule has 1 saturated heterocycles. The molecule has 0 saturated carbocycles. The minimum Gasteiger partial charge on any atom is -0.369 e. The Kier molecular flexibility index (Phi) is 3.55. The van der Waals surface area contributed by atoms with Crippen molar-refractivity contribution >= 4 is 11.8 Å². The molecule has 1 fully saturated rings. The molecule has 18 heavy (non-hydrogen) atoms. The van der Waals surface area contributed by atoms with Crippen molar-refractivity contribution in [3.8, 4) is 0 Å². The van der Waals surface area contributed by atoms with E-state index in [1.807, 2.05) is 0 Å². The van der Waals surface area contributed by atoms with Gasteiger partial charge in [-0.05, 0) is 18.9 Å². The predicted molar refractivity (Wildman–Crippen MR) is 62.0 cm³/mol. The van der Waals surface area contributed by atoms with Crippen LogP contribution in [-0.2, 0) is 4.79 Å². The highest BCUT2D eigenvalue weighted by Crippen LogP contribution is 2.18. The molecule has 0 radical (unpaired) electrons. The van der Waals surface area contributed by atoms with Gasteiger partial charge in [-0.1, -0.05) is 0 Å². The maximum Gasteiger partial charge on any atom is 0.254 e. The smallest absolute Gasteiger partial charge is 0.254 e. The van der Waals surface area contributed by atoms with Gasteiger partial charge in [0.15, 0.2) is 0 Å². The topological polar surface area (TPSA) is 76.3 Å². The number of hydrogen-bond acceptors (Lipinski definition) is 3. The first-order chi connectivity index (χ1) is 8.58. The first-order valence-corrected chi connectivity index (χ1v) is 5.78. The number of halogens is 1. The van der Waals surface area contributed by atoms with Crippen molar-refractivity contribution in [3.05, 3.63) is 29.8 Å². The first kappa shape index (κ1) is 12.5. The Bertz CT molecular complexity index is 470. The van der Waals surface area contributed by atoms with Crippen LogP contribution in [0.3, 0.4) is 0 Å². The summed E-state index contributed by atoms with van der Waals surface area (Å²) in [6, 6.07) is 2.59. The van der Waals surface area contributed by atoms with Gasteiger partial charge in [0.25, 0.3) is 5.91 Å². The van der Waals surface area contributed by atoms with E-state index < -0.39 is 5.95 Å². The summed E-state index contributed by atoms with van der Waals surface area (Å²) in [5, 5.41) is 0. The molecule has 2 rings (SSSR count). The van der Waals surface area contributed by atoms with Crippen molar-refractivity contribution in [1.29, 1.82) is 0 Å². The van der Waals surface area contributed by atoms with Gasteiger partial charge in [-0.3, -0.25) is 9.59 Å². The van der Waals surface area contributed by atoms with Gasteiger partial charge >= 0.3 is 0 Å². The zero-order valence-corrected chi connectivity index (χ0v) is 9.80. The van der Waals surface area contributed by atoms with E-state index >= 15 is 0 Å². The lowest BCUT2D eigenvalue weighted by Crippen LogP contribution is -2.41. The highest BCUT2D eigenvalue weighted by Gasteiger charge is 2.26. The van der Waals surface area contributed by atoms with Gasteiger partial charge in [0.2, 0.25) is 11.9 Å². The summed E-state index contributed by atoms with van der Waals surface area (Å²) < 4.78 is 12.9. The molecule has 0 spiro atoms. The Morgan fingerprint density at radius 2 is 2.06 bits per heavy atom. The molecule has 96 valence electrons. The molecule has 2 heterocycles. The Labute approximate surface area is 104 Å². The van der Waals surface area contributed by atoms with E-state index in [9.17, 15) is 14.0 Å². The van der Waals surface area contributed by atoms with Crippen molar-refractivity contribution < 1.29 is 14.0 Å². The van der Waals surface area contributed by atoms with Gasteiger partial charge in [-0.2, -0.15) is 4.39 Å². The Balaban J connectivity index is 2.02. The van der Waals surface area contributed by atoms with Gasteiger partial charge in [0.1, 0.15) is 0 Å². The van der Waals surface area contributed by atoms with Crippen LogP contribution in [0.4, 0.5) is 4.39 Å². The van der Waals surface area contributed by atoms with Gasteiger partial charge in [0, 0.05) is 36.8 Å². The van der Waals surface area contributed by atoms with Gasteiger partial charge in [-0.25, -0.2) is 4.98 Å². The van der Waals surface area contributed by atoms with Crippen molar-refractivity contribution in [2.24, 2.45) is 11.7 Å². The normalized spacial score (nSPS) is 16.6. The molecule has 0 bridgehead atoms. The number of pyridine rings is 1. The summed E-state index contributed by atoms with van der Waals surface area (Å²) in [6.45, 7) is 0.937. The molecule has 2 amide bonds. The molecule has 0 aromatic carbocycles. The number of likely N-dealkylation sites (tertiary alicyclic amines) is 1. The fourth-order valence-corrected chi connectivity index (χ4v) is 2.09. The summed E-state index contributed by atoms with van der Waals surface area (Å²) in [5.41, 5.74) is 5.50. The lowest BCUT2D eigenvalue weighted by molar-refractivity contribution is -0.123. The van der Waals surface area contributed by atoms with Crippen molar-refractivity contribution in [2.45, 2.75) is 12.8 Å². The molecular weight excluding hydrogens is 237 g/mol. The van der Waals surface area contributed by atoms with E-state index in [0.29, 0.717) is 25.9 Å². The van der Waals surface area contributed by atoms with Crippen LogP contribution in [0.25, 0.3) is 0 Å². The van der Waals surface area contributed by atoms with Gasteiger partial charge in [0.05, 0.1) is 0 Å². The molecular formula is C12H14FN3O2. The molecule has 1 aromatic heterocycles. The Hall–Kier alpha value is -1.98. The number of piperidine rings is 1. The van der Waals surface area contributed by atoms with Gasteiger partial charge in [-0.15, -0.1) is 0 Å². The molecule has 2 N–H and O–H groups in total. The zero-order valence-electron chi connectivity index (χ0n) is 9.80.